The monoisotopic (exact) mass is 663 g/mol. The third-order valence-corrected chi connectivity index (χ3v) is 12.2. The molecule has 1 fully saturated rings. The summed E-state index contributed by atoms with van der Waals surface area (Å²) in [5.74, 6) is 0. The van der Waals surface area contributed by atoms with Crippen LogP contribution < -0.4 is 4.90 Å². The summed E-state index contributed by atoms with van der Waals surface area (Å²) in [6.45, 7) is 0. The van der Waals surface area contributed by atoms with Gasteiger partial charge in [0.15, 0.2) is 0 Å². The highest BCUT2D eigenvalue weighted by atomic mass is 32.1. The number of rotatable bonds is 6. The Hall–Kier alpha value is -5.18. The SMILES string of the molecule is c1ccc(C2(c3ccc(N(c4ccc(-c5ccc6ccccc6c5)cc4)c4ccc5sc6ccccc6c5c4)cc3)CCCCCCC2)cc1. The van der Waals surface area contributed by atoms with Gasteiger partial charge in [0.25, 0.3) is 0 Å². The van der Waals surface area contributed by atoms with Crippen LogP contribution in [0.1, 0.15) is 56.1 Å². The molecule has 0 N–H and O–H groups in total. The molecule has 0 bridgehead atoms. The second kappa shape index (κ2) is 13.3. The van der Waals surface area contributed by atoms with Crippen molar-refractivity contribution in [1.82, 2.24) is 0 Å². The molecule has 1 aromatic heterocycles. The fraction of sp³-hybridized carbons (Fsp3) is 0.167. The van der Waals surface area contributed by atoms with E-state index < -0.39 is 0 Å². The Morgan fingerprint density at radius 3 is 1.76 bits per heavy atom. The van der Waals surface area contributed by atoms with Crippen molar-refractivity contribution in [2.45, 2.75) is 50.4 Å². The third-order valence-electron chi connectivity index (χ3n) is 11.0. The topological polar surface area (TPSA) is 3.24 Å². The maximum atomic E-state index is 2.44. The van der Waals surface area contributed by atoms with E-state index in [2.05, 4.69) is 169 Å². The minimum absolute atomic E-state index is 0.0566. The molecule has 244 valence electrons. The number of nitrogens with zero attached hydrogens (tertiary/aromatic N) is 1. The Balaban J connectivity index is 1.15. The Morgan fingerprint density at radius 2 is 0.980 bits per heavy atom. The molecular weight excluding hydrogens is 623 g/mol. The predicted molar refractivity (Wildman–Crippen MR) is 216 cm³/mol. The average Bonchev–Trinajstić information content (AvgIpc) is 3.54. The van der Waals surface area contributed by atoms with Crippen LogP contribution in [-0.2, 0) is 5.41 Å². The molecule has 1 nitrogen and oxygen atoms in total. The lowest BCUT2D eigenvalue weighted by atomic mass is 9.67. The quantitative estimate of drug-likeness (QED) is 0.171. The summed E-state index contributed by atoms with van der Waals surface area (Å²) in [6.07, 6.45) is 8.99. The summed E-state index contributed by atoms with van der Waals surface area (Å²) >= 11 is 1.87. The van der Waals surface area contributed by atoms with E-state index >= 15 is 0 Å². The summed E-state index contributed by atoms with van der Waals surface area (Å²) in [4.78, 5) is 2.44. The van der Waals surface area contributed by atoms with Gasteiger partial charge in [-0.3, -0.25) is 0 Å². The van der Waals surface area contributed by atoms with Gasteiger partial charge in [0, 0.05) is 42.6 Å². The van der Waals surface area contributed by atoms with Crippen molar-refractivity contribution in [3.63, 3.8) is 0 Å². The summed E-state index contributed by atoms with van der Waals surface area (Å²) < 4.78 is 2.66. The van der Waals surface area contributed by atoms with Crippen LogP contribution in [0.3, 0.4) is 0 Å². The summed E-state index contributed by atoms with van der Waals surface area (Å²) in [6, 6.07) is 61.2. The highest BCUT2D eigenvalue weighted by Crippen LogP contribution is 2.45. The van der Waals surface area contributed by atoms with Gasteiger partial charge in [-0.25, -0.2) is 0 Å². The molecule has 1 aliphatic rings. The van der Waals surface area contributed by atoms with Gasteiger partial charge in [-0.1, -0.05) is 141 Å². The molecule has 0 unspecified atom stereocenters. The zero-order valence-electron chi connectivity index (χ0n) is 28.4. The van der Waals surface area contributed by atoms with Crippen molar-refractivity contribution in [1.29, 1.82) is 0 Å². The van der Waals surface area contributed by atoms with Gasteiger partial charge in [-0.2, -0.15) is 0 Å². The van der Waals surface area contributed by atoms with E-state index in [1.807, 2.05) is 11.3 Å². The number of thiophene rings is 1. The lowest BCUT2D eigenvalue weighted by molar-refractivity contribution is 0.366. The summed E-state index contributed by atoms with van der Waals surface area (Å²) in [7, 11) is 0. The molecular formula is C48H41NS. The number of anilines is 3. The first-order chi connectivity index (χ1) is 24.7. The van der Waals surface area contributed by atoms with Crippen molar-refractivity contribution in [2.24, 2.45) is 0 Å². The zero-order chi connectivity index (χ0) is 33.3. The fourth-order valence-corrected chi connectivity index (χ4v) is 9.50. The molecule has 8 aromatic rings. The molecule has 0 aliphatic heterocycles. The van der Waals surface area contributed by atoms with E-state index in [0.717, 1.165) is 5.69 Å². The largest absolute Gasteiger partial charge is 0.310 e. The molecule has 0 atom stereocenters. The minimum Gasteiger partial charge on any atom is -0.310 e. The first kappa shape index (κ1) is 30.8. The number of hydrogen-bond acceptors (Lipinski definition) is 2. The maximum absolute atomic E-state index is 2.44. The summed E-state index contributed by atoms with van der Waals surface area (Å²) in [5.41, 5.74) is 8.94. The molecule has 0 spiro atoms. The summed E-state index contributed by atoms with van der Waals surface area (Å²) in [5, 5.41) is 5.18. The van der Waals surface area contributed by atoms with E-state index in [-0.39, 0.29) is 5.41 Å². The molecule has 7 aromatic carbocycles. The van der Waals surface area contributed by atoms with Crippen molar-refractivity contribution in [3.05, 3.63) is 175 Å². The van der Waals surface area contributed by atoms with Crippen molar-refractivity contribution >= 4 is 59.3 Å². The van der Waals surface area contributed by atoms with Crippen LogP contribution in [0.15, 0.2) is 164 Å². The predicted octanol–water partition coefficient (Wildman–Crippen LogP) is 14.4. The minimum atomic E-state index is 0.0566. The first-order valence-electron chi connectivity index (χ1n) is 18.2. The molecule has 1 heterocycles. The number of fused-ring (bicyclic) bond motifs is 4. The average molecular weight is 664 g/mol. The van der Waals surface area contributed by atoms with Crippen LogP contribution in [0.5, 0.6) is 0 Å². The first-order valence-corrected chi connectivity index (χ1v) is 19.0. The number of hydrogen-bond donors (Lipinski definition) is 0. The van der Waals surface area contributed by atoms with Gasteiger partial charge in [0.2, 0.25) is 0 Å². The van der Waals surface area contributed by atoms with Crippen LogP contribution >= 0.6 is 11.3 Å². The van der Waals surface area contributed by atoms with Crippen molar-refractivity contribution < 1.29 is 0 Å². The Labute approximate surface area is 299 Å². The molecule has 0 amide bonds. The lowest BCUT2D eigenvalue weighted by Crippen LogP contribution is -2.29. The van der Waals surface area contributed by atoms with Crippen LogP contribution in [0.4, 0.5) is 17.1 Å². The molecule has 50 heavy (non-hydrogen) atoms. The van der Waals surface area contributed by atoms with Crippen LogP contribution in [0, 0.1) is 0 Å². The van der Waals surface area contributed by atoms with Crippen LogP contribution in [-0.4, -0.2) is 0 Å². The Morgan fingerprint density at radius 1 is 0.400 bits per heavy atom. The third kappa shape index (κ3) is 5.68. The highest BCUT2D eigenvalue weighted by Gasteiger charge is 2.34. The van der Waals surface area contributed by atoms with E-state index in [4.69, 9.17) is 0 Å². The lowest BCUT2D eigenvalue weighted by Gasteiger charge is -2.37. The van der Waals surface area contributed by atoms with Gasteiger partial charge in [0.1, 0.15) is 0 Å². The molecule has 2 heteroatoms. The van der Waals surface area contributed by atoms with E-state index in [1.54, 1.807) is 0 Å². The van der Waals surface area contributed by atoms with E-state index in [0.29, 0.717) is 0 Å². The van der Waals surface area contributed by atoms with Gasteiger partial charge < -0.3 is 4.90 Å². The smallest absolute Gasteiger partial charge is 0.0468 e. The van der Waals surface area contributed by atoms with E-state index in [9.17, 15) is 0 Å². The van der Waals surface area contributed by atoms with Gasteiger partial charge in [0.05, 0.1) is 0 Å². The molecule has 0 saturated heterocycles. The zero-order valence-corrected chi connectivity index (χ0v) is 29.2. The van der Waals surface area contributed by atoms with Crippen molar-refractivity contribution in [3.8, 4) is 11.1 Å². The van der Waals surface area contributed by atoms with Gasteiger partial charge in [-0.05, 0) is 100 Å². The van der Waals surface area contributed by atoms with E-state index in [1.165, 1.54) is 110 Å². The standard InChI is InChI=1S/C48H41NS/c1-2-11-31-48(32-12-3-1,39-15-5-4-6-16-39)40-23-27-42(28-24-40)49(43-29-30-47-45(34-43)44-17-9-10-18-46(44)50-47)41-25-21-36(22-26-41)38-20-19-35-13-7-8-14-37(35)33-38/h4-10,13-30,33-34H,1-3,11-12,31-32H2. The molecule has 1 aliphatic carbocycles. The molecule has 0 radical (unpaired) electrons. The van der Waals surface area contributed by atoms with Crippen LogP contribution in [0.2, 0.25) is 0 Å². The van der Waals surface area contributed by atoms with Gasteiger partial charge >= 0.3 is 0 Å². The molecule has 1 saturated carbocycles. The Kier molecular flexibility index (Phi) is 8.19. The Bertz CT molecular complexity index is 2390. The van der Waals surface area contributed by atoms with Crippen molar-refractivity contribution in [2.75, 3.05) is 4.90 Å². The second-order valence-electron chi connectivity index (χ2n) is 14.0. The fourth-order valence-electron chi connectivity index (χ4n) is 8.41. The second-order valence-corrected chi connectivity index (χ2v) is 15.1. The molecule has 9 rings (SSSR count). The van der Waals surface area contributed by atoms with Crippen LogP contribution in [0.25, 0.3) is 42.1 Å². The maximum Gasteiger partial charge on any atom is 0.0468 e. The number of benzene rings is 7. The normalized spacial score (nSPS) is 14.8. The highest BCUT2D eigenvalue weighted by molar-refractivity contribution is 7.25. The van der Waals surface area contributed by atoms with Gasteiger partial charge in [-0.15, -0.1) is 11.3 Å².